The van der Waals surface area contributed by atoms with Crippen molar-refractivity contribution in [3.63, 3.8) is 0 Å². The molecule has 0 saturated heterocycles. The number of amides is 1. The second-order valence-electron chi connectivity index (χ2n) is 4.97. The van der Waals surface area contributed by atoms with Gasteiger partial charge in [-0.15, -0.1) is 0 Å². The van der Waals surface area contributed by atoms with Gasteiger partial charge in [-0.25, -0.2) is 0 Å². The smallest absolute Gasteiger partial charge is 0.226 e. The molecule has 16 heavy (non-hydrogen) atoms. The largest absolute Gasteiger partial charge is 0.396 e. The lowest BCUT2D eigenvalue weighted by molar-refractivity contribution is -0.129. The first-order valence-electron chi connectivity index (χ1n) is 6.07. The molecule has 4 N–H and O–H groups in total. The Morgan fingerprint density at radius 1 is 1.44 bits per heavy atom. The van der Waals surface area contributed by atoms with Crippen LogP contribution in [0.15, 0.2) is 0 Å². The average Bonchev–Trinajstić information content (AvgIpc) is 2.26. The Morgan fingerprint density at radius 2 is 2.06 bits per heavy atom. The molecule has 0 aliphatic carbocycles. The molecule has 0 fully saturated rings. The lowest BCUT2D eigenvalue weighted by Crippen LogP contribution is -2.43. The van der Waals surface area contributed by atoms with Crippen molar-refractivity contribution < 1.29 is 9.90 Å². The first kappa shape index (κ1) is 15.4. The van der Waals surface area contributed by atoms with E-state index in [4.69, 9.17) is 10.8 Å². The maximum atomic E-state index is 11.8. The molecule has 0 aromatic carbocycles. The van der Waals surface area contributed by atoms with Crippen molar-refractivity contribution in [1.29, 1.82) is 0 Å². The van der Waals surface area contributed by atoms with Gasteiger partial charge in [0.1, 0.15) is 0 Å². The molecule has 0 aromatic rings. The maximum absolute atomic E-state index is 11.8. The molecule has 0 rings (SSSR count). The fourth-order valence-electron chi connectivity index (χ4n) is 1.51. The molecule has 0 spiro atoms. The van der Waals surface area contributed by atoms with Crippen LogP contribution >= 0.6 is 0 Å². The molecule has 96 valence electrons. The highest BCUT2D eigenvalue weighted by molar-refractivity contribution is 5.81. The van der Waals surface area contributed by atoms with Gasteiger partial charge in [0.25, 0.3) is 0 Å². The molecule has 4 heteroatoms. The van der Waals surface area contributed by atoms with E-state index in [1.165, 1.54) is 0 Å². The summed E-state index contributed by atoms with van der Waals surface area (Å²) in [5.41, 5.74) is 5.03. The number of rotatable bonds is 8. The van der Waals surface area contributed by atoms with Crippen LogP contribution in [0, 0.1) is 11.3 Å². The third-order valence-corrected chi connectivity index (χ3v) is 2.91. The van der Waals surface area contributed by atoms with E-state index in [0.717, 1.165) is 19.3 Å². The van der Waals surface area contributed by atoms with Crippen molar-refractivity contribution in [2.75, 3.05) is 19.7 Å². The van der Waals surface area contributed by atoms with Gasteiger partial charge in [0.2, 0.25) is 5.91 Å². The van der Waals surface area contributed by atoms with E-state index in [-0.39, 0.29) is 12.5 Å². The van der Waals surface area contributed by atoms with Gasteiger partial charge in [0, 0.05) is 19.7 Å². The van der Waals surface area contributed by atoms with Crippen LogP contribution in [0.2, 0.25) is 0 Å². The van der Waals surface area contributed by atoms with E-state index >= 15 is 0 Å². The molecule has 0 bridgehead atoms. The average molecular weight is 230 g/mol. The topological polar surface area (TPSA) is 75.3 Å². The predicted molar refractivity (Wildman–Crippen MR) is 65.9 cm³/mol. The van der Waals surface area contributed by atoms with E-state index in [0.29, 0.717) is 19.0 Å². The molecule has 0 aliphatic heterocycles. The zero-order chi connectivity index (χ0) is 12.6. The number of carbonyl (C=O) groups excluding carboxylic acids is 1. The summed E-state index contributed by atoms with van der Waals surface area (Å²) in [6.45, 7) is 6.94. The summed E-state index contributed by atoms with van der Waals surface area (Å²) < 4.78 is 0. The maximum Gasteiger partial charge on any atom is 0.226 e. The summed E-state index contributed by atoms with van der Waals surface area (Å²) in [5.74, 6) is 0.363. The lowest BCUT2D eigenvalue weighted by atomic mass is 9.92. The van der Waals surface area contributed by atoms with Crippen LogP contribution in [0.1, 0.15) is 40.0 Å². The van der Waals surface area contributed by atoms with Crippen LogP contribution < -0.4 is 11.1 Å². The van der Waals surface area contributed by atoms with Gasteiger partial charge < -0.3 is 16.2 Å². The number of nitrogens with two attached hydrogens (primary N) is 1. The minimum atomic E-state index is -0.504. The molecule has 1 amide bonds. The number of aliphatic hydroxyl groups is 1. The lowest BCUT2D eigenvalue weighted by Gasteiger charge is -2.23. The Morgan fingerprint density at radius 3 is 2.50 bits per heavy atom. The molecule has 4 nitrogen and oxygen atoms in total. The highest BCUT2D eigenvalue weighted by atomic mass is 16.3. The van der Waals surface area contributed by atoms with Crippen molar-refractivity contribution in [3.8, 4) is 0 Å². The summed E-state index contributed by atoms with van der Waals surface area (Å²) in [6, 6.07) is 0. The summed E-state index contributed by atoms with van der Waals surface area (Å²) in [4.78, 5) is 11.8. The van der Waals surface area contributed by atoms with E-state index in [1.807, 2.05) is 13.8 Å². The van der Waals surface area contributed by atoms with E-state index in [9.17, 15) is 4.79 Å². The summed E-state index contributed by atoms with van der Waals surface area (Å²) in [6.07, 6.45) is 2.85. The van der Waals surface area contributed by atoms with Crippen LogP contribution in [-0.4, -0.2) is 30.7 Å². The van der Waals surface area contributed by atoms with Crippen molar-refractivity contribution >= 4 is 5.91 Å². The van der Waals surface area contributed by atoms with Crippen molar-refractivity contribution in [1.82, 2.24) is 5.32 Å². The predicted octanol–water partition coefficient (Wildman–Crippen LogP) is 0.886. The Hall–Kier alpha value is -0.610. The third kappa shape index (κ3) is 5.47. The zero-order valence-electron chi connectivity index (χ0n) is 10.8. The van der Waals surface area contributed by atoms with Gasteiger partial charge in [0.05, 0.1) is 5.41 Å². The molecule has 0 aliphatic rings. The second kappa shape index (κ2) is 7.63. The highest BCUT2D eigenvalue weighted by Crippen LogP contribution is 2.14. The first-order chi connectivity index (χ1) is 7.47. The molecule has 1 atom stereocenters. The number of nitrogens with one attached hydrogen (secondary N) is 1. The molecular formula is C12H26N2O2. The van der Waals surface area contributed by atoms with Crippen LogP contribution in [0.4, 0.5) is 0 Å². The standard InChI is InChI=1S/C12H26N2O2/c1-4-5-10(6-7-15)8-14-11(16)12(2,3)9-13/h10,15H,4-9,13H2,1-3H3,(H,14,16). The first-order valence-corrected chi connectivity index (χ1v) is 6.07. The summed E-state index contributed by atoms with van der Waals surface area (Å²) >= 11 is 0. The van der Waals surface area contributed by atoms with Crippen molar-refractivity contribution in [3.05, 3.63) is 0 Å². The van der Waals surface area contributed by atoms with Gasteiger partial charge in [-0.05, 0) is 32.6 Å². The van der Waals surface area contributed by atoms with Crippen molar-refractivity contribution in [2.24, 2.45) is 17.1 Å². The van der Waals surface area contributed by atoms with E-state index in [2.05, 4.69) is 12.2 Å². The number of hydrogen-bond donors (Lipinski definition) is 3. The van der Waals surface area contributed by atoms with Crippen LogP contribution in [0.25, 0.3) is 0 Å². The van der Waals surface area contributed by atoms with Crippen LogP contribution in [0.3, 0.4) is 0 Å². The Kier molecular flexibility index (Phi) is 7.34. The zero-order valence-corrected chi connectivity index (χ0v) is 10.8. The quantitative estimate of drug-likeness (QED) is 0.579. The summed E-state index contributed by atoms with van der Waals surface area (Å²) in [5, 5.41) is 11.8. The Bertz CT molecular complexity index is 199. The highest BCUT2D eigenvalue weighted by Gasteiger charge is 2.25. The van der Waals surface area contributed by atoms with Gasteiger partial charge in [-0.1, -0.05) is 13.3 Å². The second-order valence-corrected chi connectivity index (χ2v) is 4.97. The Labute approximate surface area is 98.6 Å². The SMILES string of the molecule is CCCC(CCO)CNC(=O)C(C)(C)CN. The van der Waals surface area contributed by atoms with Crippen LogP contribution in [0.5, 0.6) is 0 Å². The van der Waals surface area contributed by atoms with E-state index < -0.39 is 5.41 Å². The molecular weight excluding hydrogens is 204 g/mol. The molecule has 0 saturated carbocycles. The fourth-order valence-corrected chi connectivity index (χ4v) is 1.51. The van der Waals surface area contributed by atoms with Gasteiger partial charge >= 0.3 is 0 Å². The van der Waals surface area contributed by atoms with Gasteiger partial charge in [0.15, 0.2) is 0 Å². The summed E-state index contributed by atoms with van der Waals surface area (Å²) in [7, 11) is 0. The normalized spacial score (nSPS) is 13.6. The van der Waals surface area contributed by atoms with Crippen LogP contribution in [-0.2, 0) is 4.79 Å². The number of carbonyl (C=O) groups is 1. The van der Waals surface area contributed by atoms with Gasteiger partial charge in [-0.2, -0.15) is 0 Å². The third-order valence-electron chi connectivity index (χ3n) is 2.91. The van der Waals surface area contributed by atoms with Gasteiger partial charge in [-0.3, -0.25) is 4.79 Å². The van der Waals surface area contributed by atoms with Crippen molar-refractivity contribution in [2.45, 2.75) is 40.0 Å². The van der Waals surface area contributed by atoms with E-state index in [1.54, 1.807) is 0 Å². The molecule has 0 aromatic heterocycles. The minimum absolute atomic E-state index is 0.00552. The molecule has 0 radical (unpaired) electrons. The molecule has 0 heterocycles. The molecule has 1 unspecified atom stereocenters. The fraction of sp³-hybridized carbons (Fsp3) is 0.917. The Balaban J connectivity index is 4.04. The number of aliphatic hydroxyl groups excluding tert-OH is 1. The number of hydrogen-bond acceptors (Lipinski definition) is 3. The minimum Gasteiger partial charge on any atom is -0.396 e. The monoisotopic (exact) mass is 230 g/mol.